The fourth-order valence-corrected chi connectivity index (χ4v) is 3.82. The highest BCUT2D eigenvalue weighted by Gasteiger charge is 2.17. The lowest BCUT2D eigenvalue weighted by atomic mass is 10.2. The number of benzene rings is 2. The summed E-state index contributed by atoms with van der Waals surface area (Å²) in [7, 11) is 0. The van der Waals surface area contributed by atoms with Crippen LogP contribution < -0.4 is 26.2 Å². The van der Waals surface area contributed by atoms with Gasteiger partial charge in [0.2, 0.25) is 0 Å². The fraction of sp³-hybridized carbons (Fsp3) is 0.346. The summed E-state index contributed by atoms with van der Waals surface area (Å²) in [4.78, 5) is 23.9. The number of nitrogens with zero attached hydrogens (tertiary/aromatic N) is 3. The molecule has 0 atom stereocenters. The van der Waals surface area contributed by atoms with Gasteiger partial charge in [-0.2, -0.15) is 9.97 Å². The maximum atomic E-state index is 12.6. The molecule has 0 spiro atoms. The Morgan fingerprint density at radius 3 is 2.42 bits per heavy atom. The molecule has 0 aliphatic carbocycles. The van der Waals surface area contributed by atoms with Gasteiger partial charge in [-0.3, -0.25) is 4.57 Å². The number of fused-ring (bicyclic) bond motifs is 1. The molecule has 0 bridgehead atoms. The van der Waals surface area contributed by atoms with E-state index >= 15 is 0 Å². The smallest absolute Gasteiger partial charge is 0.328 e. The molecule has 10 heteroatoms. The summed E-state index contributed by atoms with van der Waals surface area (Å²) in [6, 6.07) is 16.2. The molecular formula is C26H30N6O4. The zero-order valence-corrected chi connectivity index (χ0v) is 20.2. The number of aromatic nitrogens is 4. The first kappa shape index (κ1) is 23.8. The van der Waals surface area contributed by atoms with Crippen LogP contribution in [-0.2, 0) is 17.8 Å². The van der Waals surface area contributed by atoms with Gasteiger partial charge in [0.25, 0.3) is 0 Å². The number of H-pyrrole nitrogens is 1. The van der Waals surface area contributed by atoms with Gasteiger partial charge < -0.3 is 30.2 Å². The number of nitrogens with one attached hydrogen (secondary N) is 2. The molecule has 0 radical (unpaired) electrons. The number of aromatic amines is 1. The third-order valence-corrected chi connectivity index (χ3v) is 6.02. The Kier molecular flexibility index (Phi) is 7.15. The van der Waals surface area contributed by atoms with Crippen molar-refractivity contribution < 1.29 is 14.2 Å². The molecule has 0 unspecified atom stereocenters. The second-order valence-corrected chi connectivity index (χ2v) is 8.81. The van der Waals surface area contributed by atoms with Crippen LogP contribution in [0.4, 0.5) is 5.82 Å². The summed E-state index contributed by atoms with van der Waals surface area (Å²) in [6.45, 7) is 5.25. The number of nitrogen functional groups attached to an aromatic ring is 1. The minimum atomic E-state index is -0.309. The van der Waals surface area contributed by atoms with Crippen molar-refractivity contribution in [2.24, 2.45) is 0 Å². The van der Waals surface area contributed by atoms with Crippen LogP contribution >= 0.6 is 0 Å². The van der Waals surface area contributed by atoms with Gasteiger partial charge in [-0.25, -0.2) is 4.79 Å². The number of imidazole rings is 1. The van der Waals surface area contributed by atoms with Crippen molar-refractivity contribution in [1.82, 2.24) is 24.8 Å². The van der Waals surface area contributed by atoms with E-state index in [0.29, 0.717) is 36.1 Å². The third-order valence-electron chi connectivity index (χ3n) is 6.02. The number of anilines is 1. The van der Waals surface area contributed by atoms with Crippen molar-refractivity contribution in [2.45, 2.75) is 38.9 Å². The van der Waals surface area contributed by atoms with Gasteiger partial charge in [-0.15, -0.1) is 0 Å². The number of rotatable bonds is 11. The summed E-state index contributed by atoms with van der Waals surface area (Å²) in [5.74, 6) is 1.65. The Labute approximate surface area is 208 Å². The molecule has 188 valence electrons. The SMILES string of the molecule is CCCCOc1nc(N)c2[nH]c(=O)n(Cc3ccc(Oc4ccc(CNC5COC5)cc4)cc3)c2n1. The minimum absolute atomic E-state index is 0.170. The molecule has 1 fully saturated rings. The van der Waals surface area contributed by atoms with E-state index in [1.54, 1.807) is 0 Å². The van der Waals surface area contributed by atoms with Crippen molar-refractivity contribution in [2.75, 3.05) is 25.6 Å². The monoisotopic (exact) mass is 490 g/mol. The van der Waals surface area contributed by atoms with Crippen LogP contribution in [0.3, 0.4) is 0 Å². The van der Waals surface area contributed by atoms with E-state index in [4.69, 9.17) is 19.9 Å². The Morgan fingerprint density at radius 1 is 1.08 bits per heavy atom. The normalized spacial score (nSPS) is 13.6. The molecular weight excluding hydrogens is 460 g/mol. The van der Waals surface area contributed by atoms with Crippen molar-refractivity contribution >= 4 is 17.0 Å². The molecule has 5 rings (SSSR count). The van der Waals surface area contributed by atoms with E-state index in [9.17, 15) is 4.79 Å². The van der Waals surface area contributed by atoms with E-state index < -0.39 is 0 Å². The molecule has 1 aliphatic rings. The zero-order chi connectivity index (χ0) is 24.9. The zero-order valence-electron chi connectivity index (χ0n) is 20.2. The van der Waals surface area contributed by atoms with E-state index in [0.717, 1.165) is 43.9 Å². The minimum Gasteiger partial charge on any atom is -0.463 e. The molecule has 1 saturated heterocycles. The third kappa shape index (κ3) is 5.50. The standard InChI is InChI=1S/C26H30N6O4/c1-2-3-12-35-25-30-23(27)22-24(31-25)32(26(33)29-22)14-18-6-10-21(11-7-18)36-20-8-4-17(5-9-20)13-28-19-15-34-16-19/h4-11,19,28H,2-3,12-16H2,1H3,(H,29,33)(H2,27,30,31). The first-order chi connectivity index (χ1) is 17.6. The van der Waals surface area contributed by atoms with Gasteiger partial charge in [0, 0.05) is 6.54 Å². The van der Waals surface area contributed by atoms with Gasteiger partial charge >= 0.3 is 11.7 Å². The molecule has 1 aliphatic heterocycles. The van der Waals surface area contributed by atoms with Crippen molar-refractivity contribution in [3.8, 4) is 17.5 Å². The molecule has 36 heavy (non-hydrogen) atoms. The number of unbranched alkanes of at least 4 members (excludes halogenated alkanes) is 1. The van der Waals surface area contributed by atoms with Crippen LogP contribution in [0, 0.1) is 0 Å². The summed E-state index contributed by atoms with van der Waals surface area (Å²) in [6.07, 6.45) is 1.87. The Balaban J connectivity index is 1.24. The average Bonchev–Trinajstić information content (AvgIpc) is 3.16. The summed E-state index contributed by atoms with van der Waals surface area (Å²) in [5, 5.41) is 3.45. The molecule has 4 N–H and O–H groups in total. The van der Waals surface area contributed by atoms with Gasteiger partial charge in [-0.05, 0) is 41.8 Å². The van der Waals surface area contributed by atoms with Crippen molar-refractivity contribution in [3.05, 3.63) is 70.1 Å². The van der Waals surface area contributed by atoms with Crippen LogP contribution in [0.15, 0.2) is 53.3 Å². The molecule has 0 saturated carbocycles. The highest BCUT2D eigenvalue weighted by molar-refractivity contribution is 5.81. The van der Waals surface area contributed by atoms with Crippen molar-refractivity contribution in [3.63, 3.8) is 0 Å². The van der Waals surface area contributed by atoms with E-state index in [1.165, 1.54) is 10.1 Å². The first-order valence-corrected chi connectivity index (χ1v) is 12.1. The predicted molar refractivity (Wildman–Crippen MR) is 136 cm³/mol. The highest BCUT2D eigenvalue weighted by atomic mass is 16.5. The molecule has 4 aromatic rings. The highest BCUT2D eigenvalue weighted by Crippen LogP contribution is 2.23. The molecule has 2 aromatic heterocycles. The summed E-state index contributed by atoms with van der Waals surface area (Å²) < 4.78 is 18.3. The Morgan fingerprint density at radius 2 is 1.78 bits per heavy atom. The Bertz CT molecular complexity index is 1360. The van der Waals surface area contributed by atoms with E-state index in [-0.39, 0.29) is 17.5 Å². The molecule has 10 nitrogen and oxygen atoms in total. The van der Waals surface area contributed by atoms with Gasteiger partial charge in [0.05, 0.1) is 32.4 Å². The van der Waals surface area contributed by atoms with Gasteiger partial charge in [0.1, 0.15) is 17.0 Å². The second-order valence-electron chi connectivity index (χ2n) is 8.81. The van der Waals surface area contributed by atoms with Gasteiger partial charge in [0.15, 0.2) is 11.5 Å². The van der Waals surface area contributed by atoms with Crippen LogP contribution in [0.2, 0.25) is 0 Å². The fourth-order valence-electron chi connectivity index (χ4n) is 3.82. The summed E-state index contributed by atoms with van der Waals surface area (Å²) in [5.41, 5.74) is 8.66. The quantitative estimate of drug-likeness (QED) is 0.273. The lowest BCUT2D eigenvalue weighted by molar-refractivity contribution is -0.00578. The van der Waals surface area contributed by atoms with E-state index in [1.807, 2.05) is 48.5 Å². The maximum Gasteiger partial charge on any atom is 0.328 e. The first-order valence-electron chi connectivity index (χ1n) is 12.1. The number of nitrogens with two attached hydrogens (primary N) is 1. The maximum absolute atomic E-state index is 12.6. The van der Waals surface area contributed by atoms with Gasteiger partial charge in [-0.1, -0.05) is 37.6 Å². The van der Waals surface area contributed by atoms with Crippen LogP contribution in [0.5, 0.6) is 17.5 Å². The predicted octanol–water partition coefficient (Wildman–Crippen LogP) is 3.21. The van der Waals surface area contributed by atoms with Crippen molar-refractivity contribution in [1.29, 1.82) is 0 Å². The average molecular weight is 491 g/mol. The second kappa shape index (κ2) is 10.8. The van der Waals surface area contributed by atoms with Crippen LogP contribution in [-0.4, -0.2) is 45.4 Å². The van der Waals surface area contributed by atoms with E-state index in [2.05, 4.69) is 27.2 Å². The lowest BCUT2D eigenvalue weighted by Crippen LogP contribution is -2.45. The number of hydrogen-bond acceptors (Lipinski definition) is 8. The van der Waals surface area contributed by atoms with Crippen LogP contribution in [0.1, 0.15) is 30.9 Å². The molecule has 3 heterocycles. The largest absolute Gasteiger partial charge is 0.463 e. The topological polar surface area (TPSA) is 129 Å². The number of hydrogen-bond donors (Lipinski definition) is 3. The molecule has 2 aromatic carbocycles. The summed E-state index contributed by atoms with van der Waals surface area (Å²) >= 11 is 0. The number of ether oxygens (including phenoxy) is 3. The lowest BCUT2D eigenvalue weighted by Gasteiger charge is -2.27. The Hall–Kier alpha value is -3.89. The van der Waals surface area contributed by atoms with Crippen LogP contribution in [0.25, 0.3) is 11.2 Å². The molecule has 0 amide bonds.